The van der Waals surface area contributed by atoms with Crippen molar-refractivity contribution < 1.29 is 9.47 Å². The molecule has 0 aliphatic carbocycles. The molecule has 1 aromatic heterocycles. The largest absolute Gasteiger partial charge is 0.485 e. The summed E-state index contributed by atoms with van der Waals surface area (Å²) in [6, 6.07) is 10.2. The normalized spacial score (nSPS) is 12.4. The molecule has 0 saturated carbocycles. The molecule has 0 unspecified atom stereocenters. The van der Waals surface area contributed by atoms with Crippen molar-refractivity contribution in [3.63, 3.8) is 0 Å². The first-order valence-corrected chi connectivity index (χ1v) is 8.15. The van der Waals surface area contributed by atoms with Crippen LogP contribution in [0.3, 0.4) is 0 Å². The van der Waals surface area contributed by atoms with E-state index in [0.717, 1.165) is 5.75 Å². The summed E-state index contributed by atoms with van der Waals surface area (Å²) < 4.78 is 12.3. The fourth-order valence-electron chi connectivity index (χ4n) is 1.91. The van der Waals surface area contributed by atoms with Gasteiger partial charge < -0.3 is 9.47 Å². The van der Waals surface area contributed by atoms with Gasteiger partial charge in [-0.05, 0) is 74.7 Å². The van der Waals surface area contributed by atoms with Gasteiger partial charge in [-0.15, -0.1) is 0 Å². The topological polar surface area (TPSA) is 18.5 Å². The lowest BCUT2D eigenvalue weighted by atomic mass is 9.89. The van der Waals surface area contributed by atoms with E-state index < -0.39 is 11.2 Å². The molecule has 2 aromatic rings. The molecule has 0 aliphatic rings. The molecule has 0 amide bonds. The Hall–Kier alpha value is -1.32. The van der Waals surface area contributed by atoms with Gasteiger partial charge in [0.2, 0.25) is 0 Å². The molecule has 0 atom stereocenters. The minimum absolute atomic E-state index is 0.404. The van der Waals surface area contributed by atoms with Crippen molar-refractivity contribution in [3.8, 4) is 5.75 Å². The Kier molecular flexibility index (Phi) is 4.74. The van der Waals surface area contributed by atoms with Gasteiger partial charge >= 0.3 is 0 Å². The Balaban J connectivity index is 2.05. The minimum Gasteiger partial charge on any atom is -0.485 e. The Labute approximate surface area is 131 Å². The van der Waals surface area contributed by atoms with E-state index >= 15 is 0 Å². The van der Waals surface area contributed by atoms with Gasteiger partial charge in [0.15, 0.2) is 0 Å². The lowest BCUT2D eigenvalue weighted by Gasteiger charge is -2.41. The van der Waals surface area contributed by atoms with Crippen LogP contribution in [0.4, 0.5) is 0 Å². The lowest BCUT2D eigenvalue weighted by molar-refractivity contribution is -0.141. The minimum atomic E-state index is -0.434. The molecule has 21 heavy (non-hydrogen) atoms. The SMILES string of the molecule is Cc1cccc(OC(C)(C)C(C)(C)OCc2ccsc2)c1. The van der Waals surface area contributed by atoms with Gasteiger partial charge in [0.05, 0.1) is 6.61 Å². The van der Waals surface area contributed by atoms with Crippen LogP contribution in [0, 0.1) is 6.92 Å². The quantitative estimate of drug-likeness (QED) is 0.729. The average Bonchev–Trinajstić information content (AvgIpc) is 2.89. The summed E-state index contributed by atoms with van der Waals surface area (Å²) >= 11 is 1.69. The second kappa shape index (κ2) is 6.20. The molecule has 1 aromatic carbocycles. The van der Waals surface area contributed by atoms with Crippen molar-refractivity contribution in [2.45, 2.75) is 52.4 Å². The van der Waals surface area contributed by atoms with Gasteiger partial charge in [0.1, 0.15) is 17.0 Å². The number of thiophene rings is 1. The van der Waals surface area contributed by atoms with Gasteiger partial charge in [-0.3, -0.25) is 0 Å². The maximum atomic E-state index is 6.19. The number of aryl methyl sites for hydroxylation is 1. The van der Waals surface area contributed by atoms with E-state index in [2.05, 4.69) is 63.6 Å². The van der Waals surface area contributed by atoms with E-state index in [1.54, 1.807) is 11.3 Å². The maximum absolute atomic E-state index is 6.19. The molecular formula is C18H24O2S. The summed E-state index contributed by atoms with van der Waals surface area (Å²) in [4.78, 5) is 0. The van der Waals surface area contributed by atoms with Crippen molar-refractivity contribution in [2.75, 3.05) is 0 Å². The molecule has 0 N–H and O–H groups in total. The van der Waals surface area contributed by atoms with E-state index in [0.29, 0.717) is 6.61 Å². The first-order chi connectivity index (χ1) is 9.80. The van der Waals surface area contributed by atoms with Crippen LogP contribution < -0.4 is 4.74 Å². The second-order valence-electron chi connectivity index (χ2n) is 6.36. The monoisotopic (exact) mass is 304 g/mol. The highest BCUT2D eigenvalue weighted by Gasteiger charge is 2.40. The molecule has 0 spiro atoms. The number of benzene rings is 1. The van der Waals surface area contributed by atoms with Crippen molar-refractivity contribution in [3.05, 3.63) is 52.2 Å². The van der Waals surface area contributed by atoms with Gasteiger partial charge in [0, 0.05) is 0 Å². The summed E-state index contributed by atoms with van der Waals surface area (Å²) in [6.07, 6.45) is 0. The van der Waals surface area contributed by atoms with E-state index in [4.69, 9.17) is 9.47 Å². The van der Waals surface area contributed by atoms with Crippen LogP contribution >= 0.6 is 11.3 Å². The third kappa shape index (κ3) is 4.08. The molecule has 3 heteroatoms. The predicted molar refractivity (Wildman–Crippen MR) is 89.1 cm³/mol. The van der Waals surface area contributed by atoms with Crippen LogP contribution in [0.2, 0.25) is 0 Å². The Morgan fingerprint density at radius 2 is 1.81 bits per heavy atom. The van der Waals surface area contributed by atoms with Crippen molar-refractivity contribution in [1.82, 2.24) is 0 Å². The zero-order valence-electron chi connectivity index (χ0n) is 13.5. The van der Waals surface area contributed by atoms with Crippen LogP contribution in [0.5, 0.6) is 5.75 Å². The maximum Gasteiger partial charge on any atom is 0.132 e. The zero-order chi connectivity index (χ0) is 15.5. The highest BCUT2D eigenvalue weighted by molar-refractivity contribution is 7.07. The van der Waals surface area contributed by atoms with E-state index in [1.165, 1.54) is 11.1 Å². The summed E-state index contributed by atoms with van der Waals surface area (Å²) in [5, 5.41) is 4.19. The fourth-order valence-corrected chi connectivity index (χ4v) is 2.56. The van der Waals surface area contributed by atoms with Crippen LogP contribution in [0.1, 0.15) is 38.8 Å². The summed E-state index contributed by atoms with van der Waals surface area (Å²) in [5.41, 5.74) is 1.56. The zero-order valence-corrected chi connectivity index (χ0v) is 14.3. The lowest BCUT2D eigenvalue weighted by Crippen LogP contribution is -2.51. The van der Waals surface area contributed by atoms with Crippen LogP contribution in [-0.4, -0.2) is 11.2 Å². The molecule has 0 fully saturated rings. The molecule has 0 aliphatic heterocycles. The van der Waals surface area contributed by atoms with E-state index in [9.17, 15) is 0 Å². The molecule has 114 valence electrons. The second-order valence-corrected chi connectivity index (χ2v) is 7.14. The van der Waals surface area contributed by atoms with Crippen molar-refractivity contribution in [1.29, 1.82) is 0 Å². The first-order valence-electron chi connectivity index (χ1n) is 7.21. The van der Waals surface area contributed by atoms with Crippen LogP contribution in [0.15, 0.2) is 41.1 Å². The van der Waals surface area contributed by atoms with E-state index in [1.807, 2.05) is 12.1 Å². The van der Waals surface area contributed by atoms with Crippen molar-refractivity contribution >= 4 is 11.3 Å². The summed E-state index contributed by atoms with van der Waals surface area (Å²) in [5.74, 6) is 0.882. The van der Waals surface area contributed by atoms with Crippen molar-refractivity contribution in [2.24, 2.45) is 0 Å². The fraction of sp³-hybridized carbons (Fsp3) is 0.444. The Morgan fingerprint density at radius 3 is 2.43 bits per heavy atom. The third-order valence-electron chi connectivity index (χ3n) is 3.99. The number of ether oxygens (including phenoxy) is 2. The standard InChI is InChI=1S/C18H24O2S/c1-14-7-6-8-16(11-14)20-18(4,5)17(2,3)19-12-15-9-10-21-13-15/h6-11,13H,12H2,1-5H3. The molecule has 1 heterocycles. The molecule has 0 saturated heterocycles. The number of hydrogen-bond acceptors (Lipinski definition) is 3. The highest BCUT2D eigenvalue weighted by Crippen LogP contribution is 2.32. The molecule has 2 nitrogen and oxygen atoms in total. The Bertz CT molecular complexity index is 571. The van der Waals surface area contributed by atoms with Gasteiger partial charge in [-0.25, -0.2) is 0 Å². The third-order valence-corrected chi connectivity index (χ3v) is 4.72. The Morgan fingerprint density at radius 1 is 1.05 bits per heavy atom. The van der Waals surface area contributed by atoms with Gasteiger partial charge in [-0.1, -0.05) is 12.1 Å². The molecule has 2 rings (SSSR count). The van der Waals surface area contributed by atoms with E-state index in [-0.39, 0.29) is 0 Å². The van der Waals surface area contributed by atoms with Crippen LogP contribution in [0.25, 0.3) is 0 Å². The summed E-state index contributed by atoms with van der Waals surface area (Å²) in [6.45, 7) is 11.0. The average molecular weight is 304 g/mol. The molecule has 0 bridgehead atoms. The van der Waals surface area contributed by atoms with Gasteiger partial charge in [0.25, 0.3) is 0 Å². The number of hydrogen-bond donors (Lipinski definition) is 0. The van der Waals surface area contributed by atoms with Crippen LogP contribution in [-0.2, 0) is 11.3 Å². The van der Waals surface area contributed by atoms with Gasteiger partial charge in [-0.2, -0.15) is 11.3 Å². The molecular weight excluding hydrogens is 280 g/mol. The number of rotatable bonds is 6. The molecule has 0 radical (unpaired) electrons. The smallest absolute Gasteiger partial charge is 0.132 e. The highest BCUT2D eigenvalue weighted by atomic mass is 32.1. The first kappa shape index (κ1) is 16.1. The summed E-state index contributed by atoms with van der Waals surface area (Å²) in [7, 11) is 0. The predicted octanol–water partition coefficient (Wildman–Crippen LogP) is 5.21.